The number of nitrogens with one attached hydrogen (secondary N) is 2. The van der Waals surface area contributed by atoms with Gasteiger partial charge in [-0.25, -0.2) is 19.9 Å². The molecule has 6 rings (SSSR count). The van der Waals surface area contributed by atoms with Crippen LogP contribution in [0.25, 0.3) is 45.9 Å². The van der Waals surface area contributed by atoms with Crippen molar-refractivity contribution < 1.29 is 38.9 Å². The molecule has 4 unspecified atom stereocenters. The number of rotatable bonds is 18. The molecule has 0 radical (unpaired) electrons. The standard InChI is InChI=1S/C41H50N10O8/c1-9-11-43-41-45-25(8)17-29(47-41)39-49-37(51-59-39)27-14-22(5)34(23(6)15-27)57-35(30(53)18-52)32(55)31(54)19-56-33-20(3)12-26(13-21(33)4)36-48-38(58-50-36)28-16-24(7)44-40(46-28)42-10-2/h12-17,30-32,35,52-55H,9-11,18-19H2,1-8H3,(H,42,44,46)(H,43,45,47). The molecule has 0 saturated heterocycles. The molecule has 0 fully saturated rings. The lowest BCUT2D eigenvalue weighted by Crippen LogP contribution is -2.51. The lowest BCUT2D eigenvalue weighted by Gasteiger charge is -2.31. The zero-order valence-corrected chi connectivity index (χ0v) is 34.3. The van der Waals surface area contributed by atoms with Gasteiger partial charge < -0.3 is 49.6 Å². The third-order valence-electron chi connectivity index (χ3n) is 9.25. The first-order valence-corrected chi connectivity index (χ1v) is 19.3. The largest absolute Gasteiger partial charge is 0.490 e. The summed E-state index contributed by atoms with van der Waals surface area (Å²) in [5.74, 6) is 2.87. The molecule has 4 atom stereocenters. The molecule has 312 valence electrons. The second-order valence-electron chi connectivity index (χ2n) is 14.3. The van der Waals surface area contributed by atoms with Gasteiger partial charge in [0.1, 0.15) is 47.8 Å². The van der Waals surface area contributed by atoms with E-state index in [1.54, 1.807) is 38.1 Å². The van der Waals surface area contributed by atoms with Crippen LogP contribution in [-0.4, -0.2) is 111 Å². The predicted octanol–water partition coefficient (Wildman–Crippen LogP) is 4.71. The smallest absolute Gasteiger partial charge is 0.277 e. The second kappa shape index (κ2) is 18.7. The molecule has 0 saturated carbocycles. The third-order valence-corrected chi connectivity index (χ3v) is 9.25. The number of hydrogen-bond acceptors (Lipinski definition) is 18. The minimum Gasteiger partial charge on any atom is -0.490 e. The first-order valence-electron chi connectivity index (χ1n) is 19.3. The number of aryl methyl sites for hydroxylation is 6. The van der Waals surface area contributed by atoms with E-state index in [4.69, 9.17) is 18.5 Å². The monoisotopic (exact) mass is 810 g/mol. The van der Waals surface area contributed by atoms with Gasteiger partial charge in [0, 0.05) is 35.6 Å². The normalized spacial score (nSPS) is 13.5. The molecule has 2 aromatic carbocycles. The van der Waals surface area contributed by atoms with Gasteiger partial charge in [-0.15, -0.1) is 0 Å². The van der Waals surface area contributed by atoms with Gasteiger partial charge in [0.25, 0.3) is 11.8 Å². The van der Waals surface area contributed by atoms with Crippen molar-refractivity contribution in [2.24, 2.45) is 0 Å². The SMILES string of the molecule is CCCNc1nc(C)cc(-c2nc(-c3cc(C)c(OC(C(O)CO)C(O)C(O)COc4c(C)cc(-c5noc(-c6cc(C)nc(NCC)n6)n5)cc4C)c(C)c3)no2)n1. The number of aromatic nitrogens is 8. The van der Waals surface area contributed by atoms with Crippen LogP contribution in [-0.2, 0) is 0 Å². The van der Waals surface area contributed by atoms with Crippen LogP contribution in [0.3, 0.4) is 0 Å². The van der Waals surface area contributed by atoms with E-state index in [1.807, 2.05) is 53.7 Å². The summed E-state index contributed by atoms with van der Waals surface area (Å²) in [5, 5.41) is 57.7. The molecule has 0 bridgehead atoms. The van der Waals surface area contributed by atoms with Crippen LogP contribution in [0.15, 0.2) is 45.4 Å². The summed E-state index contributed by atoms with van der Waals surface area (Å²) in [6, 6.07) is 10.7. The van der Waals surface area contributed by atoms with Gasteiger partial charge in [-0.1, -0.05) is 17.2 Å². The maximum absolute atomic E-state index is 11.3. The molecule has 59 heavy (non-hydrogen) atoms. The quantitative estimate of drug-likeness (QED) is 0.0687. The van der Waals surface area contributed by atoms with Gasteiger partial charge in [0.15, 0.2) is 6.10 Å². The van der Waals surface area contributed by atoms with E-state index in [9.17, 15) is 20.4 Å². The van der Waals surface area contributed by atoms with Crippen molar-refractivity contribution in [3.63, 3.8) is 0 Å². The summed E-state index contributed by atoms with van der Waals surface area (Å²) in [7, 11) is 0. The van der Waals surface area contributed by atoms with E-state index in [1.165, 1.54) is 0 Å². The molecule has 0 amide bonds. The van der Waals surface area contributed by atoms with Crippen LogP contribution in [0, 0.1) is 41.5 Å². The average Bonchev–Trinajstić information content (AvgIpc) is 3.90. The number of benzene rings is 2. The van der Waals surface area contributed by atoms with Gasteiger partial charge in [-0.2, -0.15) is 9.97 Å². The zero-order valence-electron chi connectivity index (χ0n) is 34.3. The minimum atomic E-state index is -1.67. The molecule has 4 heterocycles. The molecule has 0 spiro atoms. The van der Waals surface area contributed by atoms with Crippen LogP contribution < -0.4 is 20.1 Å². The molecule has 6 aromatic rings. The number of anilines is 2. The summed E-state index contributed by atoms with van der Waals surface area (Å²) < 4.78 is 23.3. The first-order chi connectivity index (χ1) is 28.3. The molecular weight excluding hydrogens is 761 g/mol. The Kier molecular flexibility index (Phi) is 13.5. The first kappa shape index (κ1) is 42.5. The molecule has 0 aliphatic heterocycles. The van der Waals surface area contributed by atoms with Crippen molar-refractivity contribution >= 4 is 11.9 Å². The van der Waals surface area contributed by atoms with E-state index >= 15 is 0 Å². The van der Waals surface area contributed by atoms with Gasteiger partial charge in [0.2, 0.25) is 23.5 Å². The highest BCUT2D eigenvalue weighted by atomic mass is 16.5. The molecule has 18 heteroatoms. The van der Waals surface area contributed by atoms with Crippen LogP contribution in [0.1, 0.15) is 53.9 Å². The van der Waals surface area contributed by atoms with Crippen molar-refractivity contribution in [2.75, 3.05) is 36.9 Å². The fraction of sp³-hybridized carbons (Fsp3) is 0.415. The van der Waals surface area contributed by atoms with Crippen molar-refractivity contribution in [2.45, 2.75) is 86.2 Å². The number of nitrogens with zero attached hydrogens (tertiary/aromatic N) is 8. The highest BCUT2D eigenvalue weighted by Gasteiger charge is 2.35. The Hall–Kier alpha value is -6.08. The Balaban J connectivity index is 1.14. The van der Waals surface area contributed by atoms with Crippen molar-refractivity contribution in [1.82, 2.24) is 40.2 Å². The average molecular weight is 811 g/mol. The third kappa shape index (κ3) is 9.97. The van der Waals surface area contributed by atoms with Crippen LogP contribution >= 0.6 is 0 Å². The highest BCUT2D eigenvalue weighted by Crippen LogP contribution is 2.33. The summed E-state index contributed by atoms with van der Waals surface area (Å²) in [5.41, 5.74) is 6.42. The van der Waals surface area contributed by atoms with E-state index in [0.717, 1.165) is 24.4 Å². The summed E-state index contributed by atoms with van der Waals surface area (Å²) in [4.78, 5) is 26.9. The Morgan fingerprint density at radius 2 is 1.12 bits per heavy atom. The lowest BCUT2D eigenvalue weighted by atomic mass is 10.0. The van der Waals surface area contributed by atoms with Crippen molar-refractivity contribution in [3.05, 3.63) is 70.0 Å². The number of hydrogen-bond donors (Lipinski definition) is 6. The molecule has 6 N–H and O–H groups in total. The summed E-state index contributed by atoms with van der Waals surface area (Å²) in [6.07, 6.45) is -5.26. The summed E-state index contributed by atoms with van der Waals surface area (Å²) >= 11 is 0. The Morgan fingerprint density at radius 1 is 0.627 bits per heavy atom. The Bertz CT molecular complexity index is 2340. The predicted molar refractivity (Wildman–Crippen MR) is 218 cm³/mol. The highest BCUT2D eigenvalue weighted by molar-refractivity contribution is 5.64. The van der Waals surface area contributed by atoms with Crippen LogP contribution in [0.2, 0.25) is 0 Å². The molecular formula is C41H50N10O8. The molecule has 0 aliphatic carbocycles. The van der Waals surface area contributed by atoms with E-state index < -0.39 is 31.0 Å². The minimum absolute atomic E-state index is 0.224. The van der Waals surface area contributed by atoms with Crippen molar-refractivity contribution in [3.8, 4) is 57.4 Å². The molecule has 4 aromatic heterocycles. The Labute approximate surface area is 341 Å². The molecule has 0 aliphatic rings. The number of ether oxygens (including phenoxy) is 2. The van der Waals surface area contributed by atoms with Gasteiger partial charge in [-0.3, -0.25) is 0 Å². The van der Waals surface area contributed by atoms with Crippen LogP contribution in [0.5, 0.6) is 11.5 Å². The second-order valence-corrected chi connectivity index (χ2v) is 14.3. The van der Waals surface area contributed by atoms with Gasteiger partial charge in [0.05, 0.1) is 6.61 Å². The Morgan fingerprint density at radius 3 is 1.59 bits per heavy atom. The zero-order chi connectivity index (χ0) is 42.4. The van der Waals surface area contributed by atoms with E-state index in [0.29, 0.717) is 86.4 Å². The summed E-state index contributed by atoms with van der Waals surface area (Å²) in [6.45, 7) is 15.2. The van der Waals surface area contributed by atoms with E-state index in [2.05, 4.69) is 50.9 Å². The number of aliphatic hydroxyl groups is 4. The fourth-order valence-corrected chi connectivity index (χ4v) is 6.47. The van der Waals surface area contributed by atoms with Crippen molar-refractivity contribution in [1.29, 1.82) is 0 Å². The van der Waals surface area contributed by atoms with Gasteiger partial charge >= 0.3 is 0 Å². The fourth-order valence-electron chi connectivity index (χ4n) is 6.47. The van der Waals surface area contributed by atoms with E-state index in [-0.39, 0.29) is 18.4 Å². The number of aliphatic hydroxyl groups excluding tert-OH is 4. The van der Waals surface area contributed by atoms with Crippen LogP contribution in [0.4, 0.5) is 11.9 Å². The lowest BCUT2D eigenvalue weighted by molar-refractivity contribution is -0.111. The maximum atomic E-state index is 11.3. The molecule has 18 nitrogen and oxygen atoms in total. The van der Waals surface area contributed by atoms with Gasteiger partial charge in [-0.05, 0) is 114 Å². The topological polar surface area (TPSA) is 253 Å². The maximum Gasteiger partial charge on any atom is 0.277 e.